The number of nitrogens with two attached hydrogens (primary N) is 1. The average Bonchev–Trinajstić information content (AvgIpc) is 2.84. The number of hydrogen-bond acceptors (Lipinski definition) is 4. The van der Waals surface area contributed by atoms with Gasteiger partial charge in [0.15, 0.2) is 0 Å². The van der Waals surface area contributed by atoms with Gasteiger partial charge in [-0.3, -0.25) is 4.79 Å². The van der Waals surface area contributed by atoms with Crippen molar-refractivity contribution < 1.29 is 13.2 Å². The number of hydrogen-bond donors (Lipinski definition) is 3. The molecule has 2 unspecified atom stereocenters. The lowest BCUT2D eigenvalue weighted by Gasteiger charge is -2.15. The van der Waals surface area contributed by atoms with Gasteiger partial charge in [0.1, 0.15) is 0 Å². The molecule has 0 bridgehead atoms. The van der Waals surface area contributed by atoms with Crippen molar-refractivity contribution in [1.82, 2.24) is 4.72 Å². The molecule has 1 aromatic carbocycles. The van der Waals surface area contributed by atoms with Crippen LogP contribution < -0.4 is 15.8 Å². The van der Waals surface area contributed by atoms with E-state index in [4.69, 9.17) is 5.73 Å². The van der Waals surface area contributed by atoms with Gasteiger partial charge in [0, 0.05) is 17.8 Å². The van der Waals surface area contributed by atoms with Crippen molar-refractivity contribution in [3.63, 3.8) is 0 Å². The van der Waals surface area contributed by atoms with Gasteiger partial charge < -0.3 is 11.1 Å². The Kier molecular flexibility index (Phi) is 7.01. The van der Waals surface area contributed by atoms with Crippen LogP contribution in [0.5, 0.6) is 0 Å². The molecule has 0 saturated heterocycles. The highest BCUT2D eigenvalue weighted by Gasteiger charge is 2.30. The zero-order valence-electron chi connectivity index (χ0n) is 13.3. The highest BCUT2D eigenvalue weighted by atomic mass is 35.5. The lowest BCUT2D eigenvalue weighted by atomic mass is 10.0. The molecule has 1 amide bonds. The van der Waals surface area contributed by atoms with E-state index < -0.39 is 10.0 Å². The van der Waals surface area contributed by atoms with Crippen LogP contribution in [-0.4, -0.2) is 26.4 Å². The molecule has 0 heterocycles. The van der Waals surface area contributed by atoms with Crippen molar-refractivity contribution >= 4 is 34.0 Å². The fraction of sp³-hybridized carbons (Fsp3) is 0.533. The SMILES string of the molecule is CC(C)NS(=O)(=O)c1ccc(NC(=O)C2CCCC2N)cc1.Cl. The summed E-state index contributed by atoms with van der Waals surface area (Å²) < 4.78 is 26.5. The summed E-state index contributed by atoms with van der Waals surface area (Å²) in [6, 6.07) is 5.88. The topological polar surface area (TPSA) is 101 Å². The van der Waals surface area contributed by atoms with Crippen molar-refractivity contribution in [2.45, 2.75) is 50.1 Å². The molecule has 2 rings (SSSR count). The molecule has 1 aliphatic rings. The van der Waals surface area contributed by atoms with Crippen molar-refractivity contribution in [3.8, 4) is 0 Å². The Labute approximate surface area is 143 Å². The molecule has 6 nitrogen and oxygen atoms in total. The molecule has 0 radical (unpaired) electrons. The molecule has 23 heavy (non-hydrogen) atoms. The lowest BCUT2D eigenvalue weighted by Crippen LogP contribution is -2.34. The molecule has 0 aromatic heterocycles. The minimum atomic E-state index is -3.51. The number of halogens is 1. The van der Waals surface area contributed by atoms with Crippen LogP contribution in [-0.2, 0) is 14.8 Å². The Hall–Kier alpha value is -1.15. The highest BCUT2D eigenvalue weighted by Crippen LogP contribution is 2.25. The van der Waals surface area contributed by atoms with Gasteiger partial charge in [0.05, 0.1) is 10.8 Å². The summed E-state index contributed by atoms with van der Waals surface area (Å²) in [6.07, 6.45) is 2.64. The van der Waals surface area contributed by atoms with Crippen molar-refractivity contribution in [2.75, 3.05) is 5.32 Å². The Morgan fingerprint density at radius 3 is 2.30 bits per heavy atom. The van der Waals surface area contributed by atoms with Crippen LogP contribution in [0.4, 0.5) is 5.69 Å². The summed E-state index contributed by atoms with van der Waals surface area (Å²) in [4.78, 5) is 12.3. The second-order valence-corrected chi connectivity index (χ2v) is 7.70. The predicted octanol–water partition coefficient (Wildman–Crippen LogP) is 1.86. The smallest absolute Gasteiger partial charge is 0.240 e. The molecule has 1 saturated carbocycles. The molecular formula is C15H24ClN3O3S. The van der Waals surface area contributed by atoms with Crippen LogP contribution >= 0.6 is 12.4 Å². The van der Waals surface area contributed by atoms with Crippen molar-refractivity contribution in [3.05, 3.63) is 24.3 Å². The maximum Gasteiger partial charge on any atom is 0.240 e. The summed E-state index contributed by atoms with van der Waals surface area (Å²) in [5.41, 5.74) is 6.49. The van der Waals surface area contributed by atoms with E-state index in [-0.39, 0.29) is 41.2 Å². The van der Waals surface area contributed by atoms with Gasteiger partial charge in [-0.2, -0.15) is 0 Å². The van der Waals surface area contributed by atoms with Gasteiger partial charge in [0.2, 0.25) is 15.9 Å². The second kappa shape index (κ2) is 8.10. The lowest BCUT2D eigenvalue weighted by molar-refractivity contribution is -0.120. The zero-order chi connectivity index (χ0) is 16.3. The molecule has 130 valence electrons. The Morgan fingerprint density at radius 2 is 1.83 bits per heavy atom. The van der Waals surface area contributed by atoms with Crippen LogP contribution in [0.2, 0.25) is 0 Å². The summed E-state index contributed by atoms with van der Waals surface area (Å²) in [5.74, 6) is -0.257. The Bertz CT molecular complexity index is 632. The number of amides is 1. The number of benzene rings is 1. The number of nitrogens with one attached hydrogen (secondary N) is 2. The normalized spacial score (nSPS) is 21.0. The van der Waals surface area contributed by atoms with Crippen LogP contribution in [0.3, 0.4) is 0 Å². The van der Waals surface area contributed by atoms with Crippen LogP contribution in [0.1, 0.15) is 33.1 Å². The van der Waals surface area contributed by atoms with Gasteiger partial charge in [0.25, 0.3) is 0 Å². The van der Waals surface area contributed by atoms with Crippen LogP contribution in [0.25, 0.3) is 0 Å². The third kappa shape index (κ3) is 5.17. The van der Waals surface area contributed by atoms with E-state index in [1.807, 2.05) is 0 Å². The van der Waals surface area contributed by atoms with E-state index in [1.165, 1.54) is 12.1 Å². The van der Waals surface area contributed by atoms with Gasteiger partial charge in [-0.15, -0.1) is 12.4 Å². The maximum absolute atomic E-state index is 12.1. The monoisotopic (exact) mass is 361 g/mol. The Morgan fingerprint density at radius 1 is 1.22 bits per heavy atom. The summed E-state index contributed by atoms with van der Waals surface area (Å²) in [7, 11) is -3.51. The van der Waals surface area contributed by atoms with Gasteiger partial charge in [-0.25, -0.2) is 13.1 Å². The Balaban J connectivity index is 0.00000264. The number of rotatable bonds is 5. The first-order chi connectivity index (χ1) is 10.3. The van der Waals surface area contributed by atoms with Gasteiger partial charge >= 0.3 is 0 Å². The fourth-order valence-electron chi connectivity index (χ4n) is 2.64. The first-order valence-electron chi connectivity index (χ1n) is 7.48. The number of sulfonamides is 1. The van der Waals surface area contributed by atoms with Gasteiger partial charge in [-0.1, -0.05) is 6.42 Å². The molecule has 2 atom stereocenters. The third-order valence-corrected chi connectivity index (χ3v) is 5.40. The minimum Gasteiger partial charge on any atom is -0.327 e. The molecular weight excluding hydrogens is 338 g/mol. The van der Waals surface area contributed by atoms with Crippen LogP contribution in [0.15, 0.2) is 29.2 Å². The summed E-state index contributed by atoms with van der Waals surface area (Å²) >= 11 is 0. The molecule has 0 spiro atoms. The molecule has 8 heteroatoms. The molecule has 1 fully saturated rings. The highest BCUT2D eigenvalue weighted by molar-refractivity contribution is 7.89. The second-order valence-electron chi connectivity index (χ2n) is 5.99. The molecule has 0 aliphatic heterocycles. The molecule has 1 aliphatic carbocycles. The first kappa shape index (κ1) is 19.9. The van der Waals surface area contributed by atoms with Crippen LogP contribution in [0, 0.1) is 5.92 Å². The standard InChI is InChI=1S/C15H23N3O3S.ClH/c1-10(2)18-22(20,21)12-8-6-11(7-9-12)17-15(19)13-4-3-5-14(13)16;/h6-10,13-14,18H,3-5,16H2,1-2H3,(H,17,19);1H. The first-order valence-corrected chi connectivity index (χ1v) is 8.97. The van der Waals surface area contributed by atoms with Crippen molar-refractivity contribution in [1.29, 1.82) is 0 Å². The maximum atomic E-state index is 12.1. The number of carbonyl (C=O) groups excluding carboxylic acids is 1. The minimum absolute atomic E-state index is 0. The number of carbonyl (C=O) groups is 1. The summed E-state index contributed by atoms with van der Waals surface area (Å²) in [5, 5.41) is 2.80. The van der Waals surface area contributed by atoms with E-state index in [1.54, 1.807) is 26.0 Å². The summed E-state index contributed by atoms with van der Waals surface area (Å²) in [6.45, 7) is 3.52. The van der Waals surface area contributed by atoms with E-state index >= 15 is 0 Å². The van der Waals surface area contributed by atoms with E-state index in [0.717, 1.165) is 19.3 Å². The van der Waals surface area contributed by atoms with E-state index in [9.17, 15) is 13.2 Å². The molecule has 4 N–H and O–H groups in total. The fourth-order valence-corrected chi connectivity index (χ4v) is 3.90. The average molecular weight is 362 g/mol. The van der Waals surface area contributed by atoms with Crippen molar-refractivity contribution in [2.24, 2.45) is 11.7 Å². The number of anilines is 1. The molecule has 1 aromatic rings. The van der Waals surface area contributed by atoms with Gasteiger partial charge in [-0.05, 0) is 51.0 Å². The quantitative estimate of drug-likeness (QED) is 0.745. The van der Waals surface area contributed by atoms with E-state index in [0.29, 0.717) is 5.69 Å². The van der Waals surface area contributed by atoms with E-state index in [2.05, 4.69) is 10.0 Å². The predicted molar refractivity (Wildman–Crippen MR) is 93.1 cm³/mol. The largest absolute Gasteiger partial charge is 0.327 e. The zero-order valence-corrected chi connectivity index (χ0v) is 14.9. The third-order valence-electron chi connectivity index (χ3n) is 3.73.